The van der Waals surface area contributed by atoms with Gasteiger partial charge in [-0.25, -0.2) is 14.5 Å². The van der Waals surface area contributed by atoms with Crippen LogP contribution in [-0.2, 0) is 16.2 Å². The molecule has 0 saturated carbocycles. The Morgan fingerprint density at radius 2 is 2.00 bits per heavy atom. The van der Waals surface area contributed by atoms with E-state index in [1.807, 2.05) is 0 Å². The number of nitrogens with zero attached hydrogens (tertiary/aromatic N) is 3. The van der Waals surface area contributed by atoms with Gasteiger partial charge in [0.2, 0.25) is 0 Å². The number of ether oxygens (including phenoxy) is 2. The van der Waals surface area contributed by atoms with Crippen molar-refractivity contribution in [3.05, 3.63) is 30.1 Å². The van der Waals surface area contributed by atoms with Gasteiger partial charge in [0.1, 0.15) is 6.73 Å². The van der Waals surface area contributed by atoms with Crippen molar-refractivity contribution >= 4 is 30.6 Å². The first-order valence-corrected chi connectivity index (χ1v) is 11.9. The maximum Gasteiger partial charge on any atom is 0.416 e. The quantitative estimate of drug-likeness (QED) is 0.397. The molecule has 0 aliphatic heterocycles. The van der Waals surface area contributed by atoms with Gasteiger partial charge in [-0.1, -0.05) is 26.2 Å². The number of carbonyl (C=O) groups excluding carboxylic acids is 1. The van der Waals surface area contributed by atoms with E-state index in [4.69, 9.17) is 4.74 Å². The number of hydrogen-bond acceptors (Lipinski definition) is 5. The number of aromatic nitrogens is 3. The zero-order chi connectivity index (χ0) is 20.4. The minimum Gasteiger partial charge on any atom is -0.464 e. The van der Waals surface area contributed by atoms with Gasteiger partial charge in [-0.05, 0) is 12.1 Å². The largest absolute Gasteiger partial charge is 0.464 e. The smallest absolute Gasteiger partial charge is 0.416 e. The predicted octanol–water partition coefficient (Wildman–Crippen LogP) is 4.11. The van der Waals surface area contributed by atoms with Crippen LogP contribution in [0.15, 0.2) is 18.8 Å². The molecule has 27 heavy (non-hydrogen) atoms. The number of halogens is 3. The summed E-state index contributed by atoms with van der Waals surface area (Å²) in [6.07, 6.45) is -3.55. The van der Waals surface area contributed by atoms with Gasteiger partial charge in [-0.3, -0.25) is 0 Å². The molecule has 2 rings (SSSR count). The molecule has 0 radical (unpaired) electrons. The van der Waals surface area contributed by atoms with Gasteiger partial charge < -0.3 is 9.47 Å². The maximum atomic E-state index is 12.9. The van der Waals surface area contributed by atoms with E-state index in [0.29, 0.717) is 6.61 Å². The van der Waals surface area contributed by atoms with Crippen LogP contribution in [0.2, 0.25) is 25.7 Å². The van der Waals surface area contributed by atoms with Crippen LogP contribution in [0.3, 0.4) is 0 Å². The molecule has 0 amide bonds. The minimum absolute atomic E-state index is 0.0323. The van der Waals surface area contributed by atoms with Crippen molar-refractivity contribution in [1.29, 1.82) is 0 Å². The van der Waals surface area contributed by atoms with E-state index in [9.17, 15) is 18.0 Å². The summed E-state index contributed by atoms with van der Waals surface area (Å²) in [5.41, 5.74) is -1.17. The molecule has 0 aliphatic rings. The molecule has 6 nitrogen and oxygen atoms in total. The highest BCUT2D eigenvalue weighted by Gasteiger charge is 2.33. The van der Waals surface area contributed by atoms with E-state index >= 15 is 0 Å². The topological polar surface area (TPSA) is 66.2 Å². The van der Waals surface area contributed by atoms with Crippen LogP contribution in [0.5, 0.6) is 0 Å². The summed E-state index contributed by atoms with van der Waals surface area (Å²) < 4.78 is 50.4. The molecule has 0 bridgehead atoms. The second-order valence-corrected chi connectivity index (χ2v) is 12.9. The number of esters is 1. The molecule has 0 aliphatic carbocycles. The first-order chi connectivity index (χ1) is 12.4. The van der Waals surface area contributed by atoms with E-state index < -0.39 is 25.8 Å². The molecule has 0 aromatic carbocycles. The number of pyridine rings is 1. The summed E-state index contributed by atoms with van der Waals surface area (Å²) >= 11 is 0. The average Bonchev–Trinajstić information content (AvgIpc) is 2.93. The zero-order valence-corrected chi connectivity index (χ0v) is 16.7. The van der Waals surface area contributed by atoms with E-state index in [2.05, 4.69) is 41.0 Å². The molecule has 0 saturated heterocycles. The molecule has 0 N–H and O–H groups in total. The van der Waals surface area contributed by atoms with Crippen LogP contribution in [-0.4, -0.2) is 48.7 Å². The van der Waals surface area contributed by atoms with Crippen molar-refractivity contribution in [1.82, 2.24) is 14.8 Å². The highest BCUT2D eigenvalue weighted by atomic mass is 28.3. The van der Waals surface area contributed by atoms with E-state index in [0.717, 1.165) is 12.2 Å². The summed E-state index contributed by atoms with van der Waals surface area (Å²) in [4.78, 5) is 16.0. The monoisotopic (exact) mass is 401 g/mol. The number of allylic oxidation sites excluding steroid dienone is 1. The molecular formula is C17H22F3N3O3Si. The van der Waals surface area contributed by atoms with Gasteiger partial charge >= 0.3 is 12.1 Å². The summed E-state index contributed by atoms with van der Waals surface area (Å²) in [7, 11) is -0.0960. The van der Waals surface area contributed by atoms with Crippen LogP contribution in [0, 0.1) is 0 Å². The summed E-state index contributed by atoms with van der Waals surface area (Å²) in [6.45, 7) is 10.3. The number of alkyl halides is 3. The van der Waals surface area contributed by atoms with Gasteiger partial charge in [-0.2, -0.15) is 18.3 Å². The molecular weight excluding hydrogens is 379 g/mol. The van der Waals surface area contributed by atoms with Crippen LogP contribution in [0.1, 0.15) is 16.1 Å². The highest BCUT2D eigenvalue weighted by molar-refractivity contribution is 6.76. The van der Waals surface area contributed by atoms with Gasteiger partial charge in [0.05, 0.1) is 18.1 Å². The Labute approximate surface area is 156 Å². The van der Waals surface area contributed by atoms with Gasteiger partial charge in [0, 0.05) is 26.4 Å². The molecule has 0 unspecified atom stereocenters. The lowest BCUT2D eigenvalue weighted by molar-refractivity contribution is -0.0686. The SMILES string of the molecule is C=C(c1cnc2c(c1)c(C(=O)OC)nn2COCC[Si](C)(C)C)C(F)(F)F. The zero-order valence-electron chi connectivity index (χ0n) is 15.7. The van der Waals surface area contributed by atoms with Crippen molar-refractivity contribution in [3.63, 3.8) is 0 Å². The van der Waals surface area contributed by atoms with Gasteiger partial charge in [0.15, 0.2) is 11.3 Å². The Hall–Kier alpha value is -2.20. The third kappa shape index (κ3) is 5.16. The Morgan fingerprint density at radius 3 is 2.56 bits per heavy atom. The molecule has 0 spiro atoms. The van der Waals surface area contributed by atoms with E-state index in [-0.39, 0.29) is 29.0 Å². The van der Waals surface area contributed by atoms with Crippen molar-refractivity contribution in [2.24, 2.45) is 0 Å². The van der Waals surface area contributed by atoms with Crippen molar-refractivity contribution in [2.75, 3.05) is 13.7 Å². The first-order valence-electron chi connectivity index (χ1n) is 8.23. The van der Waals surface area contributed by atoms with Crippen molar-refractivity contribution < 1.29 is 27.4 Å². The van der Waals surface area contributed by atoms with Crippen molar-refractivity contribution in [3.8, 4) is 0 Å². The van der Waals surface area contributed by atoms with Crippen LogP contribution in [0.25, 0.3) is 16.6 Å². The highest BCUT2D eigenvalue weighted by Crippen LogP contribution is 2.33. The van der Waals surface area contributed by atoms with Crippen LogP contribution in [0.4, 0.5) is 13.2 Å². The van der Waals surface area contributed by atoms with Crippen molar-refractivity contribution in [2.45, 2.75) is 38.6 Å². The fraction of sp³-hybridized carbons (Fsp3) is 0.471. The minimum atomic E-state index is -4.60. The van der Waals surface area contributed by atoms with Gasteiger partial charge in [0.25, 0.3) is 0 Å². The van der Waals surface area contributed by atoms with Crippen LogP contribution >= 0.6 is 0 Å². The number of methoxy groups -OCH3 is 1. The van der Waals surface area contributed by atoms with E-state index in [1.54, 1.807) is 0 Å². The standard InChI is InChI=1S/C17H22F3N3O3Si/c1-11(17(18,19)20)12-8-13-14(16(24)25-2)22-23(15(13)21-9-12)10-26-6-7-27(3,4)5/h8-9H,1,6-7,10H2,2-5H3. The predicted molar refractivity (Wildman–Crippen MR) is 98.1 cm³/mol. The fourth-order valence-electron chi connectivity index (χ4n) is 2.25. The maximum absolute atomic E-state index is 12.9. The third-order valence-corrected chi connectivity index (χ3v) is 5.57. The molecule has 148 valence electrons. The first kappa shape index (κ1) is 21.1. The number of fused-ring (bicyclic) bond motifs is 1. The fourth-order valence-corrected chi connectivity index (χ4v) is 3.01. The average molecular weight is 401 g/mol. The Balaban J connectivity index is 2.36. The normalized spacial score (nSPS) is 12.4. The van der Waals surface area contributed by atoms with E-state index in [1.165, 1.54) is 17.9 Å². The molecule has 10 heteroatoms. The summed E-state index contributed by atoms with van der Waals surface area (Å²) in [6, 6.07) is 2.13. The second-order valence-electron chi connectivity index (χ2n) is 7.26. The second kappa shape index (κ2) is 7.81. The number of rotatable bonds is 7. The number of hydrogen-bond donors (Lipinski definition) is 0. The lowest BCUT2D eigenvalue weighted by Crippen LogP contribution is -2.22. The lowest BCUT2D eigenvalue weighted by Gasteiger charge is -2.15. The van der Waals surface area contributed by atoms with Crippen LogP contribution < -0.4 is 0 Å². The Morgan fingerprint density at radius 1 is 1.33 bits per heavy atom. The Bertz CT molecular complexity index is 857. The molecule has 0 atom stereocenters. The molecule has 2 heterocycles. The summed E-state index contributed by atoms with van der Waals surface area (Å²) in [5.74, 6) is -0.766. The lowest BCUT2D eigenvalue weighted by atomic mass is 10.1. The molecule has 0 fully saturated rings. The molecule has 2 aromatic rings. The number of carbonyl (C=O) groups is 1. The Kier molecular flexibility index (Phi) is 6.10. The van der Waals surface area contributed by atoms with Gasteiger partial charge in [-0.15, -0.1) is 0 Å². The molecule has 2 aromatic heterocycles. The summed E-state index contributed by atoms with van der Waals surface area (Å²) in [5, 5.41) is 4.26. The third-order valence-electron chi connectivity index (χ3n) is 3.87.